The van der Waals surface area contributed by atoms with Crippen LogP contribution in [-0.4, -0.2) is 24.7 Å². The molecule has 0 unspecified atom stereocenters. The lowest BCUT2D eigenvalue weighted by Crippen LogP contribution is -2.27. The Bertz CT molecular complexity index is 715. The van der Waals surface area contributed by atoms with Gasteiger partial charge in [0.1, 0.15) is 0 Å². The van der Waals surface area contributed by atoms with Gasteiger partial charge >= 0.3 is 0 Å². The molecule has 1 saturated heterocycles. The quantitative estimate of drug-likeness (QED) is 0.554. The number of allylic oxidation sites excluding steroid dienone is 2. The van der Waals surface area contributed by atoms with Crippen molar-refractivity contribution in [2.75, 3.05) is 25.1 Å². The van der Waals surface area contributed by atoms with Gasteiger partial charge in [-0.3, -0.25) is 0 Å². The second-order valence-electron chi connectivity index (χ2n) is 9.76. The van der Waals surface area contributed by atoms with Gasteiger partial charge in [-0.15, -0.1) is 5.06 Å². The molecule has 2 N–H and O–H groups in total. The van der Waals surface area contributed by atoms with Crippen LogP contribution in [0.5, 0.6) is 5.75 Å². The summed E-state index contributed by atoms with van der Waals surface area (Å²) in [5, 5.41) is 2.11. The topological polar surface area (TPSA) is 36.5 Å². The van der Waals surface area contributed by atoms with Crippen molar-refractivity contribution in [2.24, 2.45) is 11.3 Å². The zero-order valence-electron chi connectivity index (χ0n) is 18.7. The van der Waals surface area contributed by atoms with Crippen LogP contribution in [0.25, 0.3) is 5.57 Å². The minimum absolute atomic E-state index is 0.346. The van der Waals surface area contributed by atoms with E-state index in [9.17, 15) is 0 Å². The second-order valence-corrected chi connectivity index (χ2v) is 9.76. The van der Waals surface area contributed by atoms with Gasteiger partial charge in [0, 0.05) is 31.3 Å². The summed E-state index contributed by atoms with van der Waals surface area (Å²) in [7, 11) is 0. The largest absolute Gasteiger partial charge is 0.406 e. The summed E-state index contributed by atoms with van der Waals surface area (Å²) in [5.74, 6) is 1.59. The molecular weight excluding hydrogens is 346 g/mol. The lowest BCUT2D eigenvalue weighted by atomic mass is 9.87. The number of aryl methyl sites for hydroxylation is 1. The lowest BCUT2D eigenvalue weighted by molar-refractivity contribution is -0.0354. The van der Waals surface area contributed by atoms with Crippen molar-refractivity contribution < 1.29 is 4.84 Å². The molecule has 1 aliphatic carbocycles. The van der Waals surface area contributed by atoms with E-state index in [-0.39, 0.29) is 0 Å². The molecule has 1 aliphatic heterocycles. The Morgan fingerprint density at radius 2 is 1.86 bits per heavy atom. The summed E-state index contributed by atoms with van der Waals surface area (Å²) in [6.07, 6.45) is 5.73. The molecule has 0 bridgehead atoms. The van der Waals surface area contributed by atoms with Gasteiger partial charge < -0.3 is 10.3 Å². The van der Waals surface area contributed by atoms with Crippen molar-refractivity contribution in [1.82, 2.24) is 10.5 Å². The first kappa shape index (κ1) is 21.2. The number of hydrogen-bond acceptors (Lipinski definition) is 4. The summed E-state index contributed by atoms with van der Waals surface area (Å²) in [6.45, 7) is 16.7. The van der Waals surface area contributed by atoms with E-state index in [1.807, 2.05) is 0 Å². The standard InChI is InChI=1S/C24H39N3O/c1-7-19-12-20(21-15-24(5,6)14-18(21)4)22(26-25-16-17(2)3)13-23(19)28-27-10-8-9-11-27/h12-13,17,25-26H,7-11,14-16H2,1-6H3. The third kappa shape index (κ3) is 5.09. The van der Waals surface area contributed by atoms with Crippen LogP contribution < -0.4 is 15.7 Å². The van der Waals surface area contributed by atoms with E-state index in [2.05, 4.69) is 69.6 Å². The number of anilines is 1. The summed E-state index contributed by atoms with van der Waals surface area (Å²) in [4.78, 5) is 6.30. The maximum absolute atomic E-state index is 6.30. The van der Waals surface area contributed by atoms with Gasteiger partial charge in [0.05, 0.1) is 5.69 Å². The van der Waals surface area contributed by atoms with Crippen LogP contribution in [0.2, 0.25) is 0 Å². The molecule has 2 aliphatic rings. The van der Waals surface area contributed by atoms with E-state index in [0.29, 0.717) is 11.3 Å². The highest BCUT2D eigenvalue weighted by molar-refractivity contribution is 5.81. The monoisotopic (exact) mass is 385 g/mol. The van der Waals surface area contributed by atoms with Crippen molar-refractivity contribution in [3.63, 3.8) is 0 Å². The van der Waals surface area contributed by atoms with Crippen LogP contribution in [0, 0.1) is 11.3 Å². The summed E-state index contributed by atoms with van der Waals surface area (Å²) < 4.78 is 0. The number of hydroxylamine groups is 2. The summed E-state index contributed by atoms with van der Waals surface area (Å²) in [6, 6.07) is 4.58. The van der Waals surface area contributed by atoms with Crippen molar-refractivity contribution in [1.29, 1.82) is 0 Å². The molecule has 0 amide bonds. The van der Waals surface area contributed by atoms with E-state index < -0.39 is 0 Å². The van der Waals surface area contributed by atoms with E-state index in [1.54, 1.807) is 0 Å². The molecule has 0 atom stereocenters. The first-order valence-electron chi connectivity index (χ1n) is 11.1. The molecule has 4 nitrogen and oxygen atoms in total. The molecule has 0 aromatic heterocycles. The molecule has 1 aromatic rings. The van der Waals surface area contributed by atoms with Crippen LogP contribution in [0.3, 0.4) is 0 Å². The van der Waals surface area contributed by atoms with Gasteiger partial charge in [-0.2, -0.15) is 0 Å². The third-order valence-corrected chi connectivity index (χ3v) is 5.85. The lowest BCUT2D eigenvalue weighted by Gasteiger charge is -2.23. The Labute approximate surface area is 171 Å². The maximum Gasteiger partial charge on any atom is 0.152 e. The van der Waals surface area contributed by atoms with Crippen molar-refractivity contribution in [3.05, 3.63) is 28.8 Å². The van der Waals surface area contributed by atoms with Gasteiger partial charge in [0.15, 0.2) is 5.75 Å². The second kappa shape index (κ2) is 8.87. The van der Waals surface area contributed by atoms with Crippen LogP contribution in [0.4, 0.5) is 5.69 Å². The number of nitrogens with one attached hydrogen (secondary N) is 2. The molecular formula is C24H39N3O. The molecule has 4 heteroatoms. The van der Waals surface area contributed by atoms with E-state index >= 15 is 0 Å². The molecule has 1 heterocycles. The van der Waals surface area contributed by atoms with Crippen LogP contribution >= 0.6 is 0 Å². The normalized spacial score (nSPS) is 19.7. The molecule has 1 fully saturated rings. The zero-order chi connectivity index (χ0) is 20.3. The van der Waals surface area contributed by atoms with Gasteiger partial charge in [-0.1, -0.05) is 40.2 Å². The van der Waals surface area contributed by atoms with Crippen molar-refractivity contribution in [2.45, 2.75) is 73.6 Å². The Morgan fingerprint density at radius 3 is 2.43 bits per heavy atom. The molecule has 1 aromatic carbocycles. The Hall–Kier alpha value is -1.52. The van der Waals surface area contributed by atoms with Crippen LogP contribution in [-0.2, 0) is 6.42 Å². The molecule has 0 saturated carbocycles. The first-order valence-corrected chi connectivity index (χ1v) is 11.1. The SMILES string of the molecule is CCc1cc(C2=C(C)CC(C)(C)C2)c(NNCC(C)C)cc1ON1CCCC1. The Kier molecular flexibility index (Phi) is 6.72. The van der Waals surface area contributed by atoms with Gasteiger partial charge in [0.25, 0.3) is 0 Å². The summed E-state index contributed by atoms with van der Waals surface area (Å²) >= 11 is 0. The van der Waals surface area contributed by atoms with Crippen molar-refractivity contribution >= 4 is 11.3 Å². The average Bonchev–Trinajstić information content (AvgIpc) is 3.21. The number of nitrogens with zero attached hydrogens (tertiary/aromatic N) is 1. The van der Waals surface area contributed by atoms with Gasteiger partial charge in [0.2, 0.25) is 0 Å². The smallest absolute Gasteiger partial charge is 0.152 e. The summed E-state index contributed by atoms with van der Waals surface area (Å²) in [5.41, 5.74) is 14.1. The molecule has 0 radical (unpaired) electrons. The van der Waals surface area contributed by atoms with Crippen molar-refractivity contribution in [3.8, 4) is 5.75 Å². The number of hydrogen-bond donors (Lipinski definition) is 2. The molecule has 3 rings (SSSR count). The first-order chi connectivity index (χ1) is 13.3. The third-order valence-electron chi connectivity index (χ3n) is 5.85. The highest BCUT2D eigenvalue weighted by Gasteiger charge is 2.30. The zero-order valence-corrected chi connectivity index (χ0v) is 18.7. The minimum Gasteiger partial charge on any atom is -0.406 e. The fraction of sp³-hybridized carbons (Fsp3) is 0.667. The van der Waals surface area contributed by atoms with E-state index in [0.717, 1.165) is 43.9 Å². The van der Waals surface area contributed by atoms with Gasteiger partial charge in [-0.05, 0) is 67.6 Å². The minimum atomic E-state index is 0.346. The van der Waals surface area contributed by atoms with E-state index in [4.69, 9.17) is 4.84 Å². The number of rotatable bonds is 8. The molecule has 28 heavy (non-hydrogen) atoms. The Balaban J connectivity index is 1.95. The van der Waals surface area contributed by atoms with Crippen LogP contribution in [0.15, 0.2) is 17.7 Å². The fourth-order valence-corrected chi connectivity index (χ4v) is 4.45. The maximum atomic E-state index is 6.30. The fourth-order valence-electron chi connectivity index (χ4n) is 4.45. The van der Waals surface area contributed by atoms with E-state index in [1.165, 1.54) is 41.5 Å². The molecule has 0 spiro atoms. The average molecular weight is 386 g/mol. The predicted octanol–water partition coefficient (Wildman–Crippen LogP) is 5.80. The highest BCUT2D eigenvalue weighted by atomic mass is 16.7. The van der Waals surface area contributed by atoms with Crippen LogP contribution in [0.1, 0.15) is 78.4 Å². The highest BCUT2D eigenvalue weighted by Crippen LogP contribution is 2.48. The molecule has 156 valence electrons. The number of hydrazine groups is 1. The Morgan fingerprint density at radius 1 is 1.14 bits per heavy atom. The predicted molar refractivity (Wildman–Crippen MR) is 119 cm³/mol. The van der Waals surface area contributed by atoms with Gasteiger partial charge in [-0.25, -0.2) is 5.43 Å². The number of benzene rings is 1.